The van der Waals surface area contributed by atoms with E-state index in [2.05, 4.69) is 55.2 Å². The van der Waals surface area contributed by atoms with E-state index in [9.17, 15) is 4.79 Å². The zero-order valence-corrected chi connectivity index (χ0v) is 13.5. The summed E-state index contributed by atoms with van der Waals surface area (Å²) in [6.07, 6.45) is 3.69. The van der Waals surface area contributed by atoms with Crippen molar-refractivity contribution in [2.24, 2.45) is 0 Å². The molecule has 1 fully saturated rings. The van der Waals surface area contributed by atoms with Crippen molar-refractivity contribution in [3.63, 3.8) is 0 Å². The molecule has 4 nitrogen and oxygen atoms in total. The van der Waals surface area contributed by atoms with Gasteiger partial charge in [0.05, 0.1) is 6.04 Å². The first-order valence-corrected chi connectivity index (χ1v) is 7.87. The molecule has 0 spiro atoms. The Labute approximate surface area is 131 Å². The van der Waals surface area contributed by atoms with Crippen molar-refractivity contribution in [1.29, 1.82) is 0 Å². The third-order valence-corrected chi connectivity index (χ3v) is 4.41. The number of likely N-dealkylation sites (tertiary alicyclic amines) is 1. The highest BCUT2D eigenvalue weighted by Gasteiger charge is 2.31. The second-order valence-corrected chi connectivity index (χ2v) is 7.00. The Bertz CT molecular complexity index is 638. The van der Waals surface area contributed by atoms with Crippen LogP contribution in [-0.2, 0) is 5.41 Å². The fraction of sp³-hybridized carbons (Fsp3) is 0.444. The summed E-state index contributed by atoms with van der Waals surface area (Å²) in [5.41, 5.74) is 3.26. The predicted octanol–water partition coefficient (Wildman–Crippen LogP) is 3.68. The SMILES string of the molecule is CC(C)(C)c1ccc([C@H]2CCCN2C(=O)c2ccn[nH]2)cc1. The minimum atomic E-state index is 0.0416. The molecular formula is C18H23N3O. The molecule has 0 saturated carbocycles. The first-order valence-electron chi connectivity index (χ1n) is 7.87. The fourth-order valence-corrected chi connectivity index (χ4v) is 3.09. The summed E-state index contributed by atoms with van der Waals surface area (Å²) in [7, 11) is 0. The highest BCUT2D eigenvalue weighted by atomic mass is 16.2. The zero-order chi connectivity index (χ0) is 15.7. The van der Waals surface area contributed by atoms with E-state index in [-0.39, 0.29) is 17.4 Å². The van der Waals surface area contributed by atoms with Crippen LogP contribution in [0.4, 0.5) is 0 Å². The number of carbonyl (C=O) groups is 1. The minimum Gasteiger partial charge on any atom is -0.330 e. The summed E-state index contributed by atoms with van der Waals surface area (Å²) in [5.74, 6) is 0.0416. The Morgan fingerprint density at radius 1 is 1.23 bits per heavy atom. The van der Waals surface area contributed by atoms with Crippen molar-refractivity contribution >= 4 is 5.91 Å². The zero-order valence-electron chi connectivity index (χ0n) is 13.5. The van der Waals surface area contributed by atoms with E-state index in [4.69, 9.17) is 0 Å². The Kier molecular flexibility index (Phi) is 3.77. The van der Waals surface area contributed by atoms with Crippen molar-refractivity contribution < 1.29 is 4.79 Å². The quantitative estimate of drug-likeness (QED) is 0.919. The average Bonchev–Trinajstić information content (AvgIpc) is 3.17. The Balaban J connectivity index is 1.83. The summed E-state index contributed by atoms with van der Waals surface area (Å²) in [5, 5.41) is 6.65. The van der Waals surface area contributed by atoms with Crippen LogP contribution in [-0.4, -0.2) is 27.5 Å². The number of nitrogens with one attached hydrogen (secondary N) is 1. The number of nitrogens with zero attached hydrogens (tertiary/aromatic N) is 2. The minimum absolute atomic E-state index is 0.0416. The van der Waals surface area contributed by atoms with Gasteiger partial charge in [0, 0.05) is 12.7 Å². The van der Waals surface area contributed by atoms with Gasteiger partial charge in [-0.1, -0.05) is 45.0 Å². The van der Waals surface area contributed by atoms with Gasteiger partial charge in [-0.3, -0.25) is 9.89 Å². The van der Waals surface area contributed by atoms with E-state index in [1.54, 1.807) is 12.3 Å². The van der Waals surface area contributed by atoms with Gasteiger partial charge >= 0.3 is 0 Å². The van der Waals surface area contributed by atoms with E-state index >= 15 is 0 Å². The van der Waals surface area contributed by atoms with Crippen molar-refractivity contribution in [3.8, 4) is 0 Å². The van der Waals surface area contributed by atoms with E-state index in [0.29, 0.717) is 5.69 Å². The van der Waals surface area contributed by atoms with Crippen molar-refractivity contribution in [1.82, 2.24) is 15.1 Å². The third-order valence-electron chi connectivity index (χ3n) is 4.41. The molecule has 22 heavy (non-hydrogen) atoms. The van der Waals surface area contributed by atoms with Crippen LogP contribution >= 0.6 is 0 Å². The molecule has 116 valence electrons. The van der Waals surface area contributed by atoms with E-state index in [1.165, 1.54) is 11.1 Å². The van der Waals surface area contributed by atoms with E-state index in [0.717, 1.165) is 19.4 Å². The van der Waals surface area contributed by atoms with Gasteiger partial charge in [-0.05, 0) is 35.4 Å². The van der Waals surface area contributed by atoms with Crippen LogP contribution < -0.4 is 0 Å². The van der Waals surface area contributed by atoms with Gasteiger partial charge in [-0.25, -0.2) is 0 Å². The van der Waals surface area contributed by atoms with E-state index < -0.39 is 0 Å². The number of hydrogen-bond acceptors (Lipinski definition) is 2. The highest BCUT2D eigenvalue weighted by Crippen LogP contribution is 2.34. The van der Waals surface area contributed by atoms with Gasteiger partial charge < -0.3 is 4.90 Å². The number of aromatic nitrogens is 2. The lowest BCUT2D eigenvalue weighted by molar-refractivity contribution is 0.0729. The Morgan fingerprint density at radius 3 is 2.55 bits per heavy atom. The lowest BCUT2D eigenvalue weighted by Crippen LogP contribution is -2.30. The average molecular weight is 297 g/mol. The largest absolute Gasteiger partial charge is 0.330 e. The number of aromatic amines is 1. The Hall–Kier alpha value is -2.10. The van der Waals surface area contributed by atoms with Crippen LogP contribution in [0.3, 0.4) is 0 Å². The second-order valence-electron chi connectivity index (χ2n) is 7.00. The van der Waals surface area contributed by atoms with Crippen LogP contribution in [0.5, 0.6) is 0 Å². The molecule has 1 aromatic carbocycles. The van der Waals surface area contributed by atoms with Gasteiger partial charge in [0.2, 0.25) is 0 Å². The molecule has 1 aliphatic rings. The molecule has 2 heterocycles. The molecule has 3 rings (SSSR count). The normalized spacial score (nSPS) is 18.7. The maximum atomic E-state index is 12.6. The maximum Gasteiger partial charge on any atom is 0.272 e. The molecule has 0 unspecified atom stereocenters. The number of carbonyl (C=O) groups excluding carboxylic acids is 1. The molecule has 1 saturated heterocycles. The number of amides is 1. The Morgan fingerprint density at radius 2 is 1.95 bits per heavy atom. The fourth-order valence-electron chi connectivity index (χ4n) is 3.09. The van der Waals surface area contributed by atoms with Crippen LogP contribution in [0, 0.1) is 0 Å². The molecule has 0 bridgehead atoms. The summed E-state index contributed by atoms with van der Waals surface area (Å²) >= 11 is 0. The van der Waals surface area contributed by atoms with Gasteiger partial charge in [0.1, 0.15) is 5.69 Å². The van der Waals surface area contributed by atoms with Gasteiger partial charge in [-0.2, -0.15) is 5.10 Å². The predicted molar refractivity (Wildman–Crippen MR) is 86.7 cm³/mol. The molecule has 4 heteroatoms. The van der Waals surface area contributed by atoms with Crippen LogP contribution in [0.1, 0.15) is 61.3 Å². The van der Waals surface area contributed by atoms with Crippen molar-refractivity contribution in [2.75, 3.05) is 6.54 Å². The highest BCUT2D eigenvalue weighted by molar-refractivity contribution is 5.92. The number of H-pyrrole nitrogens is 1. The number of hydrogen-bond donors (Lipinski definition) is 1. The molecular weight excluding hydrogens is 274 g/mol. The van der Waals surface area contributed by atoms with Crippen LogP contribution in [0.15, 0.2) is 36.5 Å². The van der Waals surface area contributed by atoms with E-state index in [1.807, 2.05) is 4.90 Å². The monoisotopic (exact) mass is 297 g/mol. The summed E-state index contributed by atoms with van der Waals surface area (Å²) in [4.78, 5) is 14.5. The first kappa shape index (κ1) is 14.8. The van der Waals surface area contributed by atoms with Crippen molar-refractivity contribution in [3.05, 3.63) is 53.3 Å². The second kappa shape index (κ2) is 5.59. The van der Waals surface area contributed by atoms with Gasteiger partial charge in [0.15, 0.2) is 0 Å². The van der Waals surface area contributed by atoms with Crippen LogP contribution in [0.25, 0.3) is 0 Å². The molecule has 0 aliphatic carbocycles. The molecule has 1 aliphatic heterocycles. The van der Waals surface area contributed by atoms with Crippen LogP contribution in [0.2, 0.25) is 0 Å². The first-order chi connectivity index (χ1) is 10.5. The van der Waals surface area contributed by atoms with Gasteiger partial charge in [0.25, 0.3) is 5.91 Å². The molecule has 0 radical (unpaired) electrons. The molecule has 1 atom stereocenters. The smallest absolute Gasteiger partial charge is 0.272 e. The topological polar surface area (TPSA) is 49.0 Å². The lowest BCUT2D eigenvalue weighted by atomic mass is 9.86. The maximum absolute atomic E-state index is 12.6. The number of rotatable bonds is 2. The van der Waals surface area contributed by atoms with Crippen molar-refractivity contribution in [2.45, 2.75) is 45.1 Å². The lowest BCUT2D eigenvalue weighted by Gasteiger charge is -2.26. The third kappa shape index (κ3) is 2.78. The molecule has 2 aromatic rings. The molecule has 1 N–H and O–H groups in total. The summed E-state index contributed by atoms with van der Waals surface area (Å²) in [6, 6.07) is 10.6. The number of benzene rings is 1. The molecule has 1 aromatic heterocycles. The van der Waals surface area contributed by atoms with Gasteiger partial charge in [-0.15, -0.1) is 0 Å². The standard InChI is InChI=1S/C18H23N3O/c1-18(2,3)14-8-6-13(7-9-14)16-5-4-12-21(16)17(22)15-10-11-19-20-15/h6-11,16H,4-5,12H2,1-3H3,(H,19,20)/t16-/m1/s1. The summed E-state index contributed by atoms with van der Waals surface area (Å²) in [6.45, 7) is 7.45. The summed E-state index contributed by atoms with van der Waals surface area (Å²) < 4.78 is 0. The molecule has 1 amide bonds.